The molecule has 1 rings (SSSR count). The van der Waals surface area contributed by atoms with Crippen LogP contribution in [0, 0.1) is 5.92 Å². The number of carbonyl (C=O) groups is 1. The van der Waals surface area contributed by atoms with Crippen molar-refractivity contribution in [2.45, 2.75) is 27.2 Å². The van der Waals surface area contributed by atoms with Gasteiger partial charge in [0.05, 0.1) is 39.6 Å². The highest BCUT2D eigenvalue weighted by Crippen LogP contribution is 2.14. The number of rotatable bonds is 16. The normalized spacial score (nSPS) is 11.2. The molecule has 0 aromatic heterocycles. The summed E-state index contributed by atoms with van der Waals surface area (Å²) in [5.74, 6) is 0.495. The van der Waals surface area contributed by atoms with E-state index >= 15 is 0 Å². The summed E-state index contributed by atoms with van der Waals surface area (Å²) in [4.78, 5) is 33.8. The third kappa shape index (κ3) is 8.55. The molecular formula is C18H30N2O6. The zero-order valence-corrected chi connectivity index (χ0v) is 15.9. The van der Waals surface area contributed by atoms with Gasteiger partial charge in [-0.05, 0) is 12.8 Å². The lowest BCUT2D eigenvalue weighted by Gasteiger charge is -2.16. The summed E-state index contributed by atoms with van der Waals surface area (Å²) in [5, 5.41) is 5.94. The smallest absolute Gasteiger partial charge is 0.253 e. The van der Waals surface area contributed by atoms with Gasteiger partial charge >= 0.3 is 0 Å². The van der Waals surface area contributed by atoms with Gasteiger partial charge in [-0.1, -0.05) is 13.8 Å². The highest BCUT2D eigenvalue weighted by atomic mass is 16.5. The van der Waals surface area contributed by atoms with Crippen LogP contribution >= 0.6 is 0 Å². The Morgan fingerprint density at radius 2 is 1.35 bits per heavy atom. The minimum Gasteiger partial charge on any atom is -0.380 e. The van der Waals surface area contributed by atoms with Crippen LogP contribution in [0.15, 0.2) is 9.59 Å². The van der Waals surface area contributed by atoms with Gasteiger partial charge in [-0.15, -0.1) is 0 Å². The van der Waals surface area contributed by atoms with E-state index in [1.54, 1.807) is 0 Å². The van der Waals surface area contributed by atoms with E-state index in [2.05, 4.69) is 10.6 Å². The molecule has 0 radical (unpaired) electrons. The van der Waals surface area contributed by atoms with Gasteiger partial charge in [0, 0.05) is 19.5 Å². The molecule has 1 aromatic rings. The molecule has 0 spiro atoms. The first-order valence-electron chi connectivity index (χ1n) is 8.97. The van der Waals surface area contributed by atoms with Gasteiger partial charge in [-0.2, -0.15) is 0 Å². The van der Waals surface area contributed by atoms with E-state index in [9.17, 15) is 14.4 Å². The first-order valence-corrected chi connectivity index (χ1v) is 8.97. The second kappa shape index (κ2) is 12.6. The van der Waals surface area contributed by atoms with Crippen molar-refractivity contribution < 1.29 is 19.0 Å². The van der Waals surface area contributed by atoms with Crippen molar-refractivity contribution in [2.75, 3.05) is 63.4 Å². The average molecular weight is 370 g/mol. The Morgan fingerprint density at radius 3 is 1.88 bits per heavy atom. The van der Waals surface area contributed by atoms with E-state index < -0.39 is 10.9 Å². The average Bonchev–Trinajstić information content (AvgIpc) is 2.59. The molecule has 8 heteroatoms. The van der Waals surface area contributed by atoms with E-state index in [0.29, 0.717) is 76.4 Å². The van der Waals surface area contributed by atoms with E-state index in [4.69, 9.17) is 14.2 Å². The molecule has 26 heavy (non-hydrogen) atoms. The Balaban J connectivity index is 2.01. The van der Waals surface area contributed by atoms with Gasteiger partial charge in [0.1, 0.15) is 17.2 Å². The maximum atomic E-state index is 11.6. The molecule has 0 atom stereocenters. The van der Waals surface area contributed by atoms with Crippen LogP contribution in [0.3, 0.4) is 0 Å². The standard InChI is InChI=1S/C18H30N2O6/c1-13(2)12-20-16-15(17(22)18(16)23)19-5-7-25-9-11-26-10-8-24-6-4-14(3)21/h13,19-20H,4-12H2,1-3H3. The minimum atomic E-state index is -0.482. The number of hydrogen-bond acceptors (Lipinski definition) is 8. The number of anilines is 2. The van der Waals surface area contributed by atoms with Gasteiger partial charge < -0.3 is 24.8 Å². The van der Waals surface area contributed by atoms with Crippen LogP contribution in [0.2, 0.25) is 0 Å². The molecule has 2 N–H and O–H groups in total. The lowest BCUT2D eigenvalue weighted by Crippen LogP contribution is -2.38. The predicted molar refractivity (Wildman–Crippen MR) is 101 cm³/mol. The van der Waals surface area contributed by atoms with Crippen LogP contribution in [-0.4, -0.2) is 58.5 Å². The Kier molecular flexibility index (Phi) is 10.8. The van der Waals surface area contributed by atoms with E-state index in [1.165, 1.54) is 6.92 Å². The zero-order valence-electron chi connectivity index (χ0n) is 15.9. The Bertz CT molecular complexity index is 607. The maximum absolute atomic E-state index is 11.6. The van der Waals surface area contributed by atoms with Crippen molar-refractivity contribution in [1.29, 1.82) is 0 Å². The monoisotopic (exact) mass is 370 g/mol. The summed E-state index contributed by atoms with van der Waals surface area (Å²) in [6.45, 7) is 9.27. The van der Waals surface area contributed by atoms with Crippen LogP contribution in [0.4, 0.5) is 11.4 Å². The summed E-state index contributed by atoms with van der Waals surface area (Å²) in [6, 6.07) is 0. The fraction of sp³-hybridized carbons (Fsp3) is 0.722. The SMILES string of the molecule is CC(=O)CCOCCOCCOCCNc1c(NCC(C)C)c(=O)c1=O. The van der Waals surface area contributed by atoms with Gasteiger partial charge in [0.2, 0.25) is 0 Å². The third-order valence-corrected chi connectivity index (χ3v) is 3.49. The van der Waals surface area contributed by atoms with Gasteiger partial charge in [0.25, 0.3) is 10.9 Å². The number of ketones is 1. The van der Waals surface area contributed by atoms with Gasteiger partial charge in [0.15, 0.2) is 0 Å². The Hall–Kier alpha value is -1.77. The maximum Gasteiger partial charge on any atom is 0.253 e. The predicted octanol–water partition coefficient (Wildman–Crippen LogP) is 0.791. The molecule has 0 amide bonds. The lowest BCUT2D eigenvalue weighted by molar-refractivity contribution is -0.118. The van der Waals surface area contributed by atoms with Gasteiger partial charge in [-0.3, -0.25) is 14.4 Å². The molecule has 0 bridgehead atoms. The van der Waals surface area contributed by atoms with E-state index in [-0.39, 0.29) is 5.78 Å². The van der Waals surface area contributed by atoms with Crippen molar-refractivity contribution in [3.63, 3.8) is 0 Å². The van der Waals surface area contributed by atoms with E-state index in [0.717, 1.165) is 0 Å². The zero-order chi connectivity index (χ0) is 19.4. The van der Waals surface area contributed by atoms with Crippen molar-refractivity contribution in [2.24, 2.45) is 5.92 Å². The summed E-state index contributed by atoms with van der Waals surface area (Å²) in [7, 11) is 0. The second-order valence-corrected chi connectivity index (χ2v) is 6.40. The highest BCUT2D eigenvalue weighted by Gasteiger charge is 2.20. The van der Waals surface area contributed by atoms with Crippen molar-refractivity contribution in [1.82, 2.24) is 0 Å². The number of Topliss-reactive ketones (excluding diaryl/α,β-unsaturated/α-hetero) is 1. The van der Waals surface area contributed by atoms with Crippen molar-refractivity contribution >= 4 is 17.2 Å². The van der Waals surface area contributed by atoms with Crippen molar-refractivity contribution in [3.05, 3.63) is 20.4 Å². The molecule has 0 aliphatic heterocycles. The Labute approximate surface area is 153 Å². The van der Waals surface area contributed by atoms with Crippen LogP contribution in [-0.2, 0) is 19.0 Å². The van der Waals surface area contributed by atoms with Gasteiger partial charge in [-0.25, -0.2) is 0 Å². The molecule has 148 valence electrons. The summed E-state index contributed by atoms with van der Waals surface area (Å²) in [5.41, 5.74) is -0.229. The molecule has 8 nitrogen and oxygen atoms in total. The highest BCUT2D eigenvalue weighted by molar-refractivity contribution is 5.75. The fourth-order valence-electron chi connectivity index (χ4n) is 2.04. The number of nitrogens with one attached hydrogen (secondary N) is 2. The molecule has 0 aliphatic rings. The molecule has 0 fully saturated rings. The first kappa shape index (κ1) is 22.3. The number of ether oxygens (including phenoxy) is 3. The van der Waals surface area contributed by atoms with Crippen LogP contribution in [0.25, 0.3) is 0 Å². The molecule has 0 saturated heterocycles. The second-order valence-electron chi connectivity index (χ2n) is 6.40. The molecular weight excluding hydrogens is 340 g/mol. The molecule has 0 unspecified atom stereocenters. The molecule has 0 aliphatic carbocycles. The van der Waals surface area contributed by atoms with Crippen LogP contribution in [0.5, 0.6) is 0 Å². The summed E-state index contributed by atoms with van der Waals surface area (Å²) in [6.07, 6.45) is 0.426. The first-order chi connectivity index (χ1) is 12.4. The number of hydrogen-bond donors (Lipinski definition) is 2. The topological polar surface area (TPSA) is 103 Å². The molecule has 0 heterocycles. The third-order valence-electron chi connectivity index (χ3n) is 3.49. The molecule has 1 aromatic carbocycles. The minimum absolute atomic E-state index is 0.111. The van der Waals surface area contributed by atoms with E-state index in [1.807, 2.05) is 13.8 Å². The van der Waals surface area contributed by atoms with Crippen molar-refractivity contribution in [3.8, 4) is 0 Å². The fourth-order valence-corrected chi connectivity index (χ4v) is 2.04. The largest absolute Gasteiger partial charge is 0.380 e. The van der Waals surface area contributed by atoms with Crippen LogP contribution in [0.1, 0.15) is 27.2 Å². The quantitative estimate of drug-likeness (QED) is 0.325. The van der Waals surface area contributed by atoms with Crippen LogP contribution < -0.4 is 21.5 Å². The Morgan fingerprint density at radius 1 is 0.846 bits per heavy atom. The molecule has 0 saturated carbocycles. The lowest BCUT2D eigenvalue weighted by atomic mass is 10.1. The summed E-state index contributed by atoms with van der Waals surface area (Å²) >= 11 is 0. The summed E-state index contributed by atoms with van der Waals surface area (Å²) < 4.78 is 16.0. The number of carbonyl (C=O) groups excluding carboxylic acids is 1.